The highest BCUT2D eigenvalue weighted by atomic mass is 127. The molecular formula is C96H240Br4Cl4I4O24P12. The molecule has 0 aliphatic carbocycles. The van der Waals surface area contributed by atoms with Crippen molar-refractivity contribution in [2.75, 3.05) is 384 Å². The summed E-state index contributed by atoms with van der Waals surface area (Å²) in [4.78, 5) is 0. The summed E-state index contributed by atoms with van der Waals surface area (Å²) < 4.78 is 0. The second-order valence-electron chi connectivity index (χ2n) is 41.7. The predicted octanol–water partition coefficient (Wildman–Crippen LogP) is -23.6. The third-order valence-corrected chi connectivity index (χ3v) is 65.6. The minimum absolute atomic E-state index is 0. The highest BCUT2D eigenvalue weighted by molar-refractivity contribution is 7.78. The molecule has 48 heteroatoms. The Labute approximate surface area is 1030 Å². The molecule has 0 saturated heterocycles. The van der Waals surface area contributed by atoms with Gasteiger partial charge in [-0.25, -0.2) is 0 Å². The smallest absolute Gasteiger partial charge is 0.110 e. The number of hydrogen-bond donors (Lipinski definition) is 24. The zero-order valence-electron chi connectivity index (χ0n) is 97.5. The van der Waals surface area contributed by atoms with Crippen LogP contribution in [0.4, 0.5) is 0 Å². The summed E-state index contributed by atoms with van der Waals surface area (Å²) in [6.45, 7) is 78.4. The molecule has 24 nitrogen and oxygen atoms in total. The lowest BCUT2D eigenvalue weighted by molar-refractivity contribution is -0.00100. The van der Waals surface area contributed by atoms with E-state index in [1.165, 1.54) is 111 Å². The fraction of sp³-hybridized carbons (Fsp3) is 1.00. The van der Waals surface area contributed by atoms with Crippen molar-refractivity contribution in [2.45, 2.75) is 236 Å². The van der Waals surface area contributed by atoms with E-state index in [0.29, 0.717) is 0 Å². The van der Waals surface area contributed by atoms with Crippen molar-refractivity contribution in [2.24, 2.45) is 0 Å². The maximum absolute atomic E-state index is 9.36. The minimum Gasteiger partial charge on any atom is -1.00 e. The van der Waals surface area contributed by atoms with Crippen LogP contribution in [-0.4, -0.2) is 580 Å². The van der Waals surface area contributed by atoms with Crippen molar-refractivity contribution in [1.29, 1.82) is 0 Å². The third kappa shape index (κ3) is 146. The van der Waals surface area contributed by atoms with Gasteiger partial charge < -0.3 is 336 Å². The minimum atomic E-state index is -0.922. The fourth-order valence-corrected chi connectivity index (χ4v) is 39.8. The first-order chi connectivity index (χ1) is 60.5. The molecule has 912 valence electrons. The van der Waals surface area contributed by atoms with E-state index in [0.717, 1.165) is 112 Å². The monoisotopic (exact) mass is 3110 g/mol. The van der Waals surface area contributed by atoms with Crippen molar-refractivity contribution in [3.63, 3.8) is 0 Å². The van der Waals surface area contributed by atoms with Crippen molar-refractivity contribution in [3.05, 3.63) is 0 Å². The molecule has 0 rings (SSSR count). The van der Waals surface area contributed by atoms with E-state index in [-0.39, 0.29) is 293 Å². The van der Waals surface area contributed by atoms with Crippen LogP contribution in [0.25, 0.3) is 0 Å². The second-order valence-corrected chi connectivity index (χ2v) is 102. The second kappa shape index (κ2) is 128. The number of rotatable bonds is 60. The highest BCUT2D eigenvalue weighted by Gasteiger charge is 2.38. The van der Waals surface area contributed by atoms with Gasteiger partial charge in [0.2, 0.25) is 0 Å². The molecule has 0 aromatic heterocycles. The first-order valence-electron chi connectivity index (χ1n) is 50.0. The largest absolute Gasteiger partial charge is 1.00 e. The molecule has 0 aromatic rings. The number of aliphatic hydroxyl groups excluding tert-OH is 24. The molecule has 0 bridgehead atoms. The first-order valence-corrected chi connectivity index (χ1v) is 85.0. The highest BCUT2D eigenvalue weighted by Crippen LogP contribution is 2.62. The normalized spacial score (nSPS) is 13.8. The molecule has 144 heavy (non-hydrogen) atoms. The Hall–Kier alpha value is 10.2. The molecule has 0 radical (unpaired) electrons. The van der Waals surface area contributed by atoms with Gasteiger partial charge in [0.05, 0.1) is 301 Å². The van der Waals surface area contributed by atoms with Gasteiger partial charge in [0, 0.05) is 246 Å². The van der Waals surface area contributed by atoms with Crippen LogP contribution < -0.4 is 213 Å². The van der Waals surface area contributed by atoms with E-state index < -0.39 is 160 Å². The molecule has 0 saturated carbocycles. The quantitative estimate of drug-likeness (QED) is 0.0199. The lowest BCUT2D eigenvalue weighted by Gasteiger charge is -2.25. The Morgan fingerprint density at radius 2 is 0.229 bits per heavy atom. The van der Waals surface area contributed by atoms with Crippen LogP contribution in [0, 0.1) is 0 Å². The van der Waals surface area contributed by atoms with Gasteiger partial charge in [-0.1, -0.05) is 0 Å². The Kier molecular flexibility index (Phi) is 190. The van der Waals surface area contributed by atoms with Crippen molar-refractivity contribution in [1.82, 2.24) is 0 Å². The third-order valence-electron chi connectivity index (χ3n) is 24.9. The van der Waals surface area contributed by atoms with Crippen molar-refractivity contribution in [3.8, 4) is 0 Å². The summed E-state index contributed by atoms with van der Waals surface area (Å²) in [5, 5.41) is 213. The molecule has 24 N–H and O–H groups in total. The molecular weight excluding hydrogens is 2880 g/mol. The van der Waals surface area contributed by atoms with E-state index in [4.69, 9.17) is 91.9 Å². The van der Waals surface area contributed by atoms with Gasteiger partial charge in [0.1, 0.15) is 36.6 Å². The zero-order valence-corrected chi connectivity index (χ0v) is 126. The lowest BCUT2D eigenvalue weighted by atomic mass is 10.3. The number of aliphatic hydroxyl groups is 24. The van der Waals surface area contributed by atoms with E-state index in [1.54, 1.807) is 0 Å². The Morgan fingerprint density at radius 1 is 0.139 bits per heavy atom. The van der Waals surface area contributed by atoms with E-state index in [2.05, 4.69) is 245 Å². The Bertz CT molecular complexity index is 2110. The van der Waals surface area contributed by atoms with Gasteiger partial charge in [-0.3, -0.25) is 0 Å². The summed E-state index contributed by atoms with van der Waals surface area (Å²) in [5.74, 6) is 0. The molecule has 0 heterocycles. The van der Waals surface area contributed by atoms with Gasteiger partial charge in [-0.05, 0) is 125 Å². The van der Waals surface area contributed by atoms with Crippen LogP contribution in [0.1, 0.15) is 163 Å². The van der Waals surface area contributed by atoms with Crippen LogP contribution >= 0.6 is 87.1 Å². The lowest BCUT2D eigenvalue weighted by Crippen LogP contribution is -3.00. The van der Waals surface area contributed by atoms with E-state index >= 15 is 0 Å². The summed E-state index contributed by atoms with van der Waals surface area (Å²) in [6, 6.07) is 0. The summed E-state index contributed by atoms with van der Waals surface area (Å²) >= 11 is 0. The van der Waals surface area contributed by atoms with Gasteiger partial charge in [0.25, 0.3) is 0 Å². The van der Waals surface area contributed by atoms with Crippen LogP contribution in [-0.2, 0) is 0 Å². The van der Waals surface area contributed by atoms with Gasteiger partial charge in [-0.15, -0.1) is 0 Å². The molecule has 0 aromatic carbocycles. The van der Waals surface area contributed by atoms with Crippen molar-refractivity contribution >= 4 is 87.1 Å². The maximum Gasteiger partial charge on any atom is 0.110 e. The van der Waals surface area contributed by atoms with Gasteiger partial charge in [-0.2, -0.15) is 0 Å². The average molecular weight is 3120 g/mol. The van der Waals surface area contributed by atoms with Gasteiger partial charge in [0.15, 0.2) is 0 Å². The molecule has 12 atom stereocenters. The number of hydrogen-bond acceptors (Lipinski definition) is 24. The van der Waals surface area contributed by atoms with Crippen LogP contribution in [0.5, 0.6) is 0 Å². The van der Waals surface area contributed by atoms with Crippen LogP contribution in [0.2, 0.25) is 0 Å². The topological polar surface area (TPSA) is 486 Å². The SMILES string of the molecule is CC[P+](CC)(CC)CC(O)CO.CC[P+](CC)(CC)CC(O)CO.CC[P+](CC)(CC)CC(O)CO.CC[P+](CC)(CC)CCC(O)CO.CC[P+](CC)(CC)CCC(O)CO.CC[P+](CC)(CC)CCC(O)CO.C[P+](C)(C)CC(O)CO.C[P+](C)(C)CC(O)CO.C[P+](C)(C)CC(O)CO.C[P+](C)(C)CCC(O)CO.C[P+](C)(C)CCC(O)CO.C[P+](C)(C)CCC(O)CO.[Br-].[Br-].[Br-].[Br-].[Cl-].[Cl-].[Cl-].[Cl-].[I-].[I-].[I-].[I-]. The summed E-state index contributed by atoms with van der Waals surface area (Å²) in [6.07, 6.45) is 32.2. The van der Waals surface area contributed by atoms with E-state index in [9.17, 15) is 30.6 Å². The summed E-state index contributed by atoms with van der Waals surface area (Å²) in [7, 11) is -10.1. The standard InChI is InChI=1S/3C10H24O2P.3C9H22O2P.3C7H18O2P.3C6H16O2P.4BrH.4ClH.4HI/c3*1-4-13(5-2,6-3)8-7-10(12)9-11;3*1-4-12(5-2,6-3)8-9(11)7-10;3*1-10(2,3)5-4-7(9)6-8;3*1-9(2,3)5-6(8)4-7;;;;;;;;;;;;/h3*10-12H,4-9H2,1-3H3;3*9-11H,4-8H2,1-3H3;3*7-9H,4-6H2,1-3H3;3*6-8H,4-5H2,1-3H3;12*1H/q12*+1;;;;;;;;;;;;/p-12. The first kappa shape index (κ1) is 213. The number of halogens is 12. The molecule has 0 fully saturated rings. The molecule has 0 aliphatic rings. The zero-order chi connectivity index (χ0) is 107. The summed E-state index contributed by atoms with van der Waals surface area (Å²) in [5.41, 5.74) is 0. The van der Waals surface area contributed by atoms with Crippen molar-refractivity contribution < 1.29 is 336 Å². The van der Waals surface area contributed by atoms with Gasteiger partial charge >= 0.3 is 0 Å². The maximum atomic E-state index is 9.36. The van der Waals surface area contributed by atoms with Crippen LogP contribution in [0.15, 0.2) is 0 Å². The van der Waals surface area contributed by atoms with Crippen LogP contribution in [0.3, 0.4) is 0 Å². The molecule has 0 spiro atoms. The average Bonchev–Trinajstić information content (AvgIpc) is 0.885. The predicted molar refractivity (Wildman–Crippen MR) is 623 cm³/mol. The molecule has 0 amide bonds. The Balaban J connectivity index is -0.0000000493. The Morgan fingerprint density at radius 3 is 0.299 bits per heavy atom. The van der Waals surface area contributed by atoms with E-state index in [1.807, 2.05) is 0 Å². The fourth-order valence-electron chi connectivity index (χ4n) is 13.6. The molecule has 12 unspecified atom stereocenters. The molecule has 0 aliphatic heterocycles.